The maximum absolute atomic E-state index is 12.2. The number of hydrogen-bond acceptors (Lipinski definition) is 3. The van der Waals surface area contributed by atoms with Gasteiger partial charge in [0.2, 0.25) is 0 Å². The normalized spacial score (nSPS) is 10.7. The predicted octanol–water partition coefficient (Wildman–Crippen LogP) is 3.93. The minimum atomic E-state index is -0.334. The molecular formula is C20H27ClN2O2. The molecule has 0 saturated carbocycles. The fraction of sp³-hybridized carbons (Fsp3) is 0.350. The van der Waals surface area contributed by atoms with Crippen LogP contribution in [0.3, 0.4) is 0 Å². The largest absolute Gasteiger partial charge is 0.489 e. The Bertz CT molecular complexity index is 641. The van der Waals surface area contributed by atoms with Crippen LogP contribution in [0.2, 0.25) is 0 Å². The van der Waals surface area contributed by atoms with Crippen molar-refractivity contribution < 1.29 is 9.53 Å². The average Bonchev–Trinajstić information content (AvgIpc) is 2.65. The van der Waals surface area contributed by atoms with Crippen molar-refractivity contribution in [1.29, 1.82) is 0 Å². The Morgan fingerprint density at radius 1 is 1.04 bits per heavy atom. The molecule has 4 nitrogen and oxygen atoms in total. The van der Waals surface area contributed by atoms with Crippen LogP contribution in [-0.2, 0) is 6.61 Å². The molecule has 0 unspecified atom stereocenters. The van der Waals surface area contributed by atoms with E-state index >= 15 is 0 Å². The molecule has 0 saturated heterocycles. The molecule has 0 bridgehead atoms. The predicted molar refractivity (Wildman–Crippen MR) is 104 cm³/mol. The van der Waals surface area contributed by atoms with Gasteiger partial charge in [0.25, 0.3) is 5.91 Å². The monoisotopic (exact) mass is 362 g/mol. The number of carbonyl (C=O) groups excluding carboxylic acids is 1. The molecule has 0 spiro atoms. The first-order chi connectivity index (χ1) is 11.6. The quantitative estimate of drug-likeness (QED) is 0.747. The number of halogens is 1. The van der Waals surface area contributed by atoms with Gasteiger partial charge in [0, 0.05) is 17.6 Å². The molecule has 0 heterocycles. The van der Waals surface area contributed by atoms with Crippen LogP contribution in [-0.4, -0.2) is 18.0 Å². The van der Waals surface area contributed by atoms with E-state index in [1.54, 1.807) is 0 Å². The van der Waals surface area contributed by atoms with Crippen molar-refractivity contribution in [3.05, 3.63) is 65.7 Å². The molecule has 0 fully saturated rings. The average molecular weight is 363 g/mol. The summed E-state index contributed by atoms with van der Waals surface area (Å²) in [5.41, 5.74) is 7.53. The van der Waals surface area contributed by atoms with Crippen molar-refractivity contribution in [1.82, 2.24) is 5.32 Å². The summed E-state index contributed by atoms with van der Waals surface area (Å²) in [5, 5.41) is 2.92. The zero-order valence-corrected chi connectivity index (χ0v) is 15.6. The highest BCUT2D eigenvalue weighted by atomic mass is 35.5. The van der Waals surface area contributed by atoms with Gasteiger partial charge in [-0.15, -0.1) is 12.4 Å². The van der Waals surface area contributed by atoms with Gasteiger partial charge < -0.3 is 15.8 Å². The highest BCUT2D eigenvalue weighted by molar-refractivity contribution is 5.94. The fourth-order valence-corrected chi connectivity index (χ4v) is 2.29. The summed E-state index contributed by atoms with van der Waals surface area (Å²) >= 11 is 0. The molecule has 0 aliphatic rings. The van der Waals surface area contributed by atoms with E-state index < -0.39 is 0 Å². The number of nitrogens with two attached hydrogens (primary N) is 1. The lowest BCUT2D eigenvalue weighted by atomic mass is 9.94. The number of amides is 1. The van der Waals surface area contributed by atoms with Crippen molar-refractivity contribution in [3.63, 3.8) is 0 Å². The molecular weight excluding hydrogens is 336 g/mol. The summed E-state index contributed by atoms with van der Waals surface area (Å²) in [5.74, 6) is 0.736. The number of rotatable bonds is 8. The fourth-order valence-electron chi connectivity index (χ4n) is 2.29. The van der Waals surface area contributed by atoms with Gasteiger partial charge in [0.1, 0.15) is 12.4 Å². The van der Waals surface area contributed by atoms with Crippen molar-refractivity contribution in [3.8, 4) is 5.75 Å². The third-order valence-electron chi connectivity index (χ3n) is 4.37. The minimum Gasteiger partial charge on any atom is -0.489 e. The van der Waals surface area contributed by atoms with Crippen LogP contribution in [0.1, 0.15) is 42.6 Å². The van der Waals surface area contributed by atoms with Gasteiger partial charge in [-0.1, -0.05) is 44.2 Å². The van der Waals surface area contributed by atoms with Crippen LogP contribution in [0.5, 0.6) is 5.75 Å². The molecule has 2 rings (SSSR count). The van der Waals surface area contributed by atoms with E-state index in [4.69, 9.17) is 10.5 Å². The van der Waals surface area contributed by atoms with Crippen LogP contribution in [0.15, 0.2) is 54.6 Å². The van der Waals surface area contributed by atoms with Crippen molar-refractivity contribution in [2.45, 2.75) is 38.8 Å². The summed E-state index contributed by atoms with van der Waals surface area (Å²) in [7, 11) is 0. The third kappa shape index (κ3) is 6.40. The zero-order chi connectivity index (χ0) is 17.4. The van der Waals surface area contributed by atoms with Crippen molar-refractivity contribution in [2.75, 3.05) is 6.54 Å². The lowest BCUT2D eigenvalue weighted by molar-refractivity contribution is 0.0942. The lowest BCUT2D eigenvalue weighted by Gasteiger charge is -2.26. The van der Waals surface area contributed by atoms with Gasteiger partial charge in [0.05, 0.1) is 0 Å². The molecule has 0 atom stereocenters. The molecule has 5 heteroatoms. The number of hydrogen-bond donors (Lipinski definition) is 2. The van der Waals surface area contributed by atoms with E-state index in [0.717, 1.165) is 24.2 Å². The molecule has 2 aromatic carbocycles. The van der Waals surface area contributed by atoms with Gasteiger partial charge in [-0.3, -0.25) is 4.79 Å². The number of para-hydroxylation sites is 1. The smallest absolute Gasteiger partial charge is 0.251 e. The Labute approximate surface area is 156 Å². The second-order valence-electron chi connectivity index (χ2n) is 6.05. The highest BCUT2D eigenvalue weighted by Gasteiger charge is 2.21. The second kappa shape index (κ2) is 10.1. The van der Waals surface area contributed by atoms with Crippen molar-refractivity contribution >= 4 is 18.3 Å². The lowest BCUT2D eigenvalue weighted by Crippen LogP contribution is -2.49. The van der Waals surface area contributed by atoms with E-state index in [2.05, 4.69) is 5.32 Å². The Kier molecular flexibility index (Phi) is 8.46. The summed E-state index contributed by atoms with van der Waals surface area (Å²) in [6.45, 7) is 5.04. The summed E-state index contributed by atoms with van der Waals surface area (Å²) in [4.78, 5) is 12.2. The second-order valence-corrected chi connectivity index (χ2v) is 6.05. The standard InChI is InChI=1S/C20H26N2O2.ClH/c1-3-20(21,4-2)15-22-19(23)17-12-10-16(11-13-17)14-24-18-8-6-5-7-9-18;/h5-13H,3-4,14-15,21H2,1-2H3,(H,22,23);1H. The Morgan fingerprint density at radius 3 is 2.20 bits per heavy atom. The molecule has 136 valence electrons. The van der Waals surface area contributed by atoms with Crippen LogP contribution in [0.25, 0.3) is 0 Å². The highest BCUT2D eigenvalue weighted by Crippen LogP contribution is 2.13. The molecule has 0 aliphatic carbocycles. The Balaban J connectivity index is 0.00000312. The van der Waals surface area contributed by atoms with Gasteiger partial charge in [0.15, 0.2) is 0 Å². The van der Waals surface area contributed by atoms with E-state index in [-0.39, 0.29) is 23.9 Å². The molecule has 0 aromatic heterocycles. The molecule has 1 amide bonds. The maximum Gasteiger partial charge on any atom is 0.251 e. The zero-order valence-electron chi connectivity index (χ0n) is 14.8. The Hall–Kier alpha value is -2.04. The first kappa shape index (κ1) is 21.0. The summed E-state index contributed by atoms with van der Waals surface area (Å²) in [6, 6.07) is 17.1. The van der Waals surface area contributed by atoms with Crippen LogP contribution in [0, 0.1) is 0 Å². The summed E-state index contributed by atoms with van der Waals surface area (Å²) in [6.07, 6.45) is 1.67. The van der Waals surface area contributed by atoms with Gasteiger partial charge in [-0.25, -0.2) is 0 Å². The van der Waals surface area contributed by atoms with Gasteiger partial charge in [-0.2, -0.15) is 0 Å². The minimum absolute atomic E-state index is 0. The molecule has 0 aliphatic heterocycles. The first-order valence-corrected chi connectivity index (χ1v) is 8.40. The van der Waals surface area contributed by atoms with Crippen LogP contribution >= 0.6 is 12.4 Å². The molecule has 2 aromatic rings. The van der Waals surface area contributed by atoms with E-state index in [0.29, 0.717) is 18.7 Å². The molecule has 25 heavy (non-hydrogen) atoms. The first-order valence-electron chi connectivity index (χ1n) is 8.40. The maximum atomic E-state index is 12.2. The van der Waals surface area contributed by atoms with Gasteiger partial charge in [-0.05, 0) is 42.7 Å². The third-order valence-corrected chi connectivity index (χ3v) is 4.37. The van der Waals surface area contributed by atoms with Crippen molar-refractivity contribution in [2.24, 2.45) is 5.73 Å². The van der Waals surface area contributed by atoms with Crippen LogP contribution in [0.4, 0.5) is 0 Å². The SMILES string of the molecule is CCC(N)(CC)CNC(=O)c1ccc(COc2ccccc2)cc1.Cl. The Morgan fingerprint density at radius 2 is 1.64 bits per heavy atom. The number of nitrogens with one attached hydrogen (secondary N) is 1. The number of benzene rings is 2. The van der Waals surface area contributed by atoms with E-state index in [1.807, 2.05) is 68.4 Å². The van der Waals surface area contributed by atoms with Gasteiger partial charge >= 0.3 is 0 Å². The molecule has 3 N–H and O–H groups in total. The van der Waals surface area contributed by atoms with E-state index in [1.165, 1.54) is 0 Å². The molecule has 0 radical (unpaired) electrons. The topological polar surface area (TPSA) is 64.3 Å². The van der Waals surface area contributed by atoms with Crippen LogP contribution < -0.4 is 15.8 Å². The summed E-state index contributed by atoms with van der Waals surface area (Å²) < 4.78 is 5.70. The van der Waals surface area contributed by atoms with E-state index in [9.17, 15) is 4.79 Å². The number of ether oxygens (including phenoxy) is 1. The number of carbonyl (C=O) groups is 1.